The lowest BCUT2D eigenvalue weighted by atomic mass is 9.80. The van der Waals surface area contributed by atoms with Gasteiger partial charge >= 0.3 is 39.3 Å². The summed E-state index contributed by atoms with van der Waals surface area (Å²) in [4.78, 5) is 38.9. The second-order valence-electron chi connectivity index (χ2n) is 9.24. The minimum atomic E-state index is -1.66. The molecule has 0 aliphatic carbocycles. The first-order valence-corrected chi connectivity index (χ1v) is 13.2. The predicted octanol–water partition coefficient (Wildman–Crippen LogP) is -3.10. The molecule has 0 heterocycles. The lowest BCUT2D eigenvalue weighted by Crippen LogP contribution is -2.35. The molecule has 0 bridgehead atoms. The van der Waals surface area contributed by atoms with E-state index in [9.17, 15) is 44.5 Å². The molecule has 0 atom stereocenters. The highest BCUT2D eigenvalue weighted by Crippen LogP contribution is 2.05. The number of benzene rings is 3. The van der Waals surface area contributed by atoms with Gasteiger partial charge in [0.15, 0.2) is 0 Å². The molecule has 0 saturated heterocycles. The van der Waals surface area contributed by atoms with Gasteiger partial charge in [0.25, 0.3) is 0 Å². The Morgan fingerprint density at radius 2 is 0.698 bits per heavy atom. The van der Waals surface area contributed by atoms with Gasteiger partial charge in [-0.3, -0.25) is 4.90 Å². The summed E-state index contributed by atoms with van der Waals surface area (Å²) < 4.78 is 15.9. The highest BCUT2D eigenvalue weighted by molar-refractivity contribution is 6.59. The first-order valence-electron chi connectivity index (χ1n) is 13.2. The molecule has 0 spiro atoms. The standard InChI is InChI=1S/C27H30B3NO12/c32-25(19-1-7-22(8-2-19)28(35)36)41-16-13-31(14-17-42-26(33)20-3-9-23(10-4-20)29(37)38)15-18-43-27(34)21-5-11-24(12-6-21)30(39)40/h1-12,35-40H,13-18H2. The van der Waals surface area contributed by atoms with Gasteiger partial charge in [-0.2, -0.15) is 0 Å². The van der Waals surface area contributed by atoms with Crippen LogP contribution in [0.4, 0.5) is 0 Å². The summed E-state index contributed by atoms with van der Waals surface area (Å²) in [5, 5.41) is 55.2. The molecule has 0 unspecified atom stereocenters. The van der Waals surface area contributed by atoms with Crippen LogP contribution in [0.15, 0.2) is 72.8 Å². The zero-order valence-electron chi connectivity index (χ0n) is 23.0. The molecule has 13 nitrogen and oxygen atoms in total. The van der Waals surface area contributed by atoms with Gasteiger partial charge in [-0.05, 0) is 52.8 Å². The van der Waals surface area contributed by atoms with Crippen molar-refractivity contribution in [1.82, 2.24) is 4.90 Å². The van der Waals surface area contributed by atoms with Gasteiger partial charge < -0.3 is 44.4 Å². The topological polar surface area (TPSA) is 204 Å². The van der Waals surface area contributed by atoms with Crippen LogP contribution >= 0.6 is 0 Å². The molecule has 43 heavy (non-hydrogen) atoms. The Bertz CT molecular complexity index is 1170. The molecule has 6 N–H and O–H groups in total. The van der Waals surface area contributed by atoms with Crippen molar-refractivity contribution in [3.8, 4) is 0 Å². The Morgan fingerprint density at radius 1 is 0.465 bits per heavy atom. The molecule has 0 amide bonds. The molecule has 0 saturated carbocycles. The molecule has 3 rings (SSSR count). The number of carbonyl (C=O) groups is 3. The van der Waals surface area contributed by atoms with E-state index in [0.717, 1.165) is 0 Å². The second-order valence-corrected chi connectivity index (χ2v) is 9.24. The van der Waals surface area contributed by atoms with Gasteiger partial charge in [-0.1, -0.05) is 36.4 Å². The van der Waals surface area contributed by atoms with Crippen LogP contribution in [0.1, 0.15) is 31.1 Å². The van der Waals surface area contributed by atoms with E-state index in [-0.39, 0.29) is 72.5 Å². The zero-order chi connectivity index (χ0) is 31.4. The van der Waals surface area contributed by atoms with Crippen LogP contribution in [0.5, 0.6) is 0 Å². The van der Waals surface area contributed by atoms with Gasteiger partial charge in [0.1, 0.15) is 19.8 Å². The van der Waals surface area contributed by atoms with E-state index >= 15 is 0 Å². The molecular weight excluding hydrogens is 563 g/mol. The summed E-state index contributed by atoms with van der Waals surface area (Å²) >= 11 is 0. The summed E-state index contributed by atoms with van der Waals surface area (Å²) in [7, 11) is -4.99. The normalized spacial score (nSPS) is 10.7. The molecule has 3 aromatic rings. The SMILES string of the molecule is O=C(OCCN(CCOC(=O)c1ccc(B(O)O)cc1)CCOC(=O)c1ccc(B(O)O)cc1)c1ccc(B(O)O)cc1. The summed E-state index contributed by atoms with van der Waals surface area (Å²) in [6.45, 7) is 0.421. The first-order chi connectivity index (χ1) is 20.5. The van der Waals surface area contributed by atoms with Crippen molar-refractivity contribution in [1.29, 1.82) is 0 Å². The number of hydrogen-bond acceptors (Lipinski definition) is 13. The molecule has 16 heteroatoms. The minimum absolute atomic E-state index is 0.0546. The zero-order valence-corrected chi connectivity index (χ0v) is 23.0. The van der Waals surface area contributed by atoms with E-state index in [1.54, 1.807) is 4.90 Å². The predicted molar refractivity (Wildman–Crippen MR) is 156 cm³/mol. The van der Waals surface area contributed by atoms with Crippen molar-refractivity contribution in [2.24, 2.45) is 0 Å². The molecule has 3 aromatic carbocycles. The van der Waals surface area contributed by atoms with Crippen LogP contribution in [-0.4, -0.2) is 114 Å². The van der Waals surface area contributed by atoms with Crippen LogP contribution in [0.3, 0.4) is 0 Å². The van der Waals surface area contributed by atoms with E-state index in [0.29, 0.717) is 0 Å². The van der Waals surface area contributed by atoms with Crippen LogP contribution in [0.25, 0.3) is 0 Å². The highest BCUT2D eigenvalue weighted by Gasteiger charge is 2.17. The van der Waals surface area contributed by atoms with Gasteiger partial charge in [0.05, 0.1) is 16.7 Å². The summed E-state index contributed by atoms with van der Waals surface area (Å²) in [6, 6.07) is 16.7. The van der Waals surface area contributed by atoms with Crippen molar-refractivity contribution < 1.29 is 58.7 Å². The maximum absolute atomic E-state index is 12.4. The fourth-order valence-electron chi connectivity index (χ4n) is 3.76. The Kier molecular flexibility index (Phi) is 12.9. The Hall–Kier alpha value is -4.02. The van der Waals surface area contributed by atoms with Gasteiger partial charge in [0, 0.05) is 19.6 Å². The van der Waals surface area contributed by atoms with Crippen LogP contribution < -0.4 is 16.4 Å². The number of ether oxygens (including phenoxy) is 3. The summed E-state index contributed by atoms with van der Waals surface area (Å²) in [5.74, 6) is -1.90. The van der Waals surface area contributed by atoms with E-state index in [1.807, 2.05) is 0 Å². The molecule has 0 fully saturated rings. The number of esters is 3. The second kappa shape index (κ2) is 16.6. The minimum Gasteiger partial charge on any atom is -0.461 e. The third kappa shape index (κ3) is 10.6. The number of rotatable bonds is 15. The van der Waals surface area contributed by atoms with Crippen molar-refractivity contribution >= 4 is 55.7 Å². The third-order valence-electron chi connectivity index (χ3n) is 6.26. The van der Waals surface area contributed by atoms with Gasteiger partial charge in [0.2, 0.25) is 0 Å². The van der Waals surface area contributed by atoms with Gasteiger partial charge in [-0.15, -0.1) is 0 Å². The smallest absolute Gasteiger partial charge is 0.461 e. The van der Waals surface area contributed by atoms with E-state index in [4.69, 9.17) is 14.2 Å². The quantitative estimate of drug-likeness (QED) is 0.0589. The van der Waals surface area contributed by atoms with Crippen molar-refractivity contribution in [3.05, 3.63) is 89.5 Å². The molecule has 0 aromatic heterocycles. The van der Waals surface area contributed by atoms with Crippen molar-refractivity contribution in [2.45, 2.75) is 0 Å². The fourth-order valence-corrected chi connectivity index (χ4v) is 3.76. The lowest BCUT2D eigenvalue weighted by Gasteiger charge is -2.22. The lowest BCUT2D eigenvalue weighted by molar-refractivity contribution is 0.0331. The van der Waals surface area contributed by atoms with E-state index in [2.05, 4.69) is 0 Å². The molecular formula is C27H30B3NO12. The number of hydrogen-bond donors (Lipinski definition) is 6. The summed E-state index contributed by atoms with van der Waals surface area (Å²) in [5.41, 5.74) is 1.27. The Labute approximate surface area is 248 Å². The monoisotopic (exact) mass is 593 g/mol. The van der Waals surface area contributed by atoms with Crippen molar-refractivity contribution in [3.63, 3.8) is 0 Å². The maximum atomic E-state index is 12.4. The molecule has 224 valence electrons. The largest absolute Gasteiger partial charge is 0.488 e. The Morgan fingerprint density at radius 3 is 0.907 bits per heavy atom. The fraction of sp³-hybridized carbons (Fsp3) is 0.222. The van der Waals surface area contributed by atoms with E-state index in [1.165, 1.54) is 72.8 Å². The summed E-state index contributed by atoms with van der Waals surface area (Å²) in [6.07, 6.45) is 0. The molecule has 0 radical (unpaired) electrons. The average molecular weight is 593 g/mol. The maximum Gasteiger partial charge on any atom is 0.488 e. The Balaban J connectivity index is 1.53. The highest BCUT2D eigenvalue weighted by atomic mass is 16.5. The van der Waals surface area contributed by atoms with Gasteiger partial charge in [-0.25, -0.2) is 14.4 Å². The van der Waals surface area contributed by atoms with Crippen LogP contribution in [0, 0.1) is 0 Å². The average Bonchev–Trinajstić information content (AvgIpc) is 3.00. The van der Waals surface area contributed by atoms with Crippen LogP contribution in [0.2, 0.25) is 0 Å². The van der Waals surface area contributed by atoms with Crippen molar-refractivity contribution in [2.75, 3.05) is 39.5 Å². The third-order valence-corrected chi connectivity index (χ3v) is 6.26. The number of carbonyl (C=O) groups excluding carboxylic acids is 3. The van der Waals surface area contributed by atoms with E-state index < -0.39 is 39.3 Å². The number of nitrogens with zero attached hydrogens (tertiary/aromatic N) is 1. The first kappa shape index (κ1) is 33.5. The van der Waals surface area contributed by atoms with Crippen LogP contribution in [-0.2, 0) is 14.2 Å². The molecule has 0 aliphatic heterocycles. The molecule has 0 aliphatic rings.